The molecule has 2 amide bonds. The molecule has 7 aromatic rings. The number of fused-ring (bicyclic) bond motifs is 2. The third-order valence-corrected chi connectivity index (χ3v) is 30.8. The van der Waals surface area contributed by atoms with E-state index in [1.165, 1.54) is 15.2 Å². The fourth-order valence-corrected chi connectivity index (χ4v) is 18.0. The third-order valence-electron chi connectivity index (χ3n) is 17.4. The minimum Gasteiger partial charge on any atom is -0.457 e. The Labute approximate surface area is 493 Å². The number of hydrogen-bond acceptors (Lipinski definition) is 12. The topological polar surface area (TPSA) is 199 Å². The monoisotopic (exact) mass is 1190 g/mol. The van der Waals surface area contributed by atoms with E-state index >= 15 is 4.79 Å². The molecule has 2 aromatic heterocycles. The number of ether oxygens (including phenoxy) is 1. The molecule has 0 saturated carbocycles. The molecule has 2 aliphatic heterocycles. The lowest BCUT2D eigenvalue weighted by Crippen LogP contribution is -2.69. The Kier molecular flexibility index (Phi) is 18.3. The maximum absolute atomic E-state index is 15.1. The van der Waals surface area contributed by atoms with Crippen molar-refractivity contribution in [3.63, 3.8) is 0 Å². The Balaban J connectivity index is 0.000000266. The fraction of sp³-hybridized carbons (Fsp3) is 0.385. The van der Waals surface area contributed by atoms with Gasteiger partial charge in [-0.25, -0.2) is 14.4 Å². The first-order valence-corrected chi connectivity index (χ1v) is 36.0. The van der Waals surface area contributed by atoms with E-state index in [1.54, 1.807) is 55.4 Å². The summed E-state index contributed by atoms with van der Waals surface area (Å²) in [5, 5.41) is 5.27. The fourth-order valence-electron chi connectivity index (χ4n) is 10.8. The highest BCUT2D eigenvalue weighted by atomic mass is 31.2. The Hall–Kier alpha value is -7.22. The molecule has 19 heteroatoms. The van der Waals surface area contributed by atoms with Gasteiger partial charge in [0.2, 0.25) is 11.8 Å². The number of rotatable bonds is 19. The van der Waals surface area contributed by atoms with Gasteiger partial charge >= 0.3 is 17.5 Å². The van der Waals surface area contributed by atoms with Gasteiger partial charge in [0.25, 0.3) is 0 Å². The molecule has 2 aliphatic rings. The number of benzene rings is 5. The molecule has 5 aromatic carbocycles. The maximum Gasteiger partial charge on any atom is 0.419 e. The molecule has 9 rings (SSSR count). The SMILES string of the molecule is C=CCOC(=O)C(N1C(=O)[C@H]([C@@H](C)O[Si](C)(C)C(C)(C)C)[C@H]1CC(=O)c1ccc2c(c1)oc(=O)n2C)=P(c1ccccc1)(c1ccccc1)c1ccccc1.C[C@@H](O[Si](C)(C)C(C)(C)C)[C@H]1C(=O)N[C@@H]1CC(=O)c1ccc2c(c1)oc(=O)n2C. The lowest BCUT2D eigenvalue weighted by Gasteiger charge is -2.53. The number of aryl methyl sites for hydroxylation is 2. The molecule has 0 spiro atoms. The Morgan fingerprint density at radius 2 is 1.04 bits per heavy atom. The summed E-state index contributed by atoms with van der Waals surface area (Å²) in [6.07, 6.45) is 0.737. The van der Waals surface area contributed by atoms with E-state index in [4.69, 9.17) is 22.4 Å². The minimum atomic E-state index is -3.21. The largest absolute Gasteiger partial charge is 0.457 e. The van der Waals surface area contributed by atoms with Crippen molar-refractivity contribution in [2.75, 3.05) is 6.61 Å². The second-order valence-electron chi connectivity index (χ2n) is 25.0. The molecule has 16 nitrogen and oxygen atoms in total. The van der Waals surface area contributed by atoms with Gasteiger partial charge in [0, 0.05) is 44.9 Å². The average molecular weight is 1200 g/mol. The van der Waals surface area contributed by atoms with Crippen LogP contribution in [0.1, 0.15) is 88.9 Å². The van der Waals surface area contributed by atoms with Gasteiger partial charge in [-0.05, 0) is 102 Å². The van der Waals surface area contributed by atoms with Crippen LogP contribution in [0.2, 0.25) is 36.3 Å². The first-order valence-electron chi connectivity index (χ1n) is 28.4. The number of aromatic nitrogens is 2. The van der Waals surface area contributed by atoms with Crippen LogP contribution in [-0.2, 0) is 42.1 Å². The van der Waals surface area contributed by atoms with E-state index in [0.29, 0.717) is 27.7 Å². The predicted octanol–water partition coefficient (Wildman–Crippen LogP) is 10.0. The van der Waals surface area contributed by atoms with Gasteiger partial charge in [0.1, 0.15) is 12.0 Å². The summed E-state index contributed by atoms with van der Waals surface area (Å²) in [6.45, 7) is 25.8. The van der Waals surface area contributed by atoms with Crippen molar-refractivity contribution < 1.29 is 46.4 Å². The molecular weight excluding hydrogens is 1120 g/mol. The van der Waals surface area contributed by atoms with Crippen LogP contribution in [0.5, 0.6) is 0 Å². The Morgan fingerprint density at radius 1 is 0.631 bits per heavy atom. The zero-order valence-electron chi connectivity index (χ0n) is 50.7. The third kappa shape index (κ3) is 12.2. The van der Waals surface area contributed by atoms with Crippen molar-refractivity contribution in [3.05, 3.63) is 172 Å². The molecule has 4 heterocycles. The van der Waals surface area contributed by atoms with E-state index in [9.17, 15) is 28.8 Å². The minimum absolute atomic E-state index is 0.0435. The van der Waals surface area contributed by atoms with Crippen molar-refractivity contribution in [3.8, 4) is 0 Å². The normalized spacial score (nSPS) is 18.2. The highest BCUT2D eigenvalue weighted by Gasteiger charge is 2.57. The van der Waals surface area contributed by atoms with Crippen LogP contribution in [0.4, 0.5) is 0 Å². The first-order chi connectivity index (χ1) is 39.4. The number of ketones is 2. The van der Waals surface area contributed by atoms with E-state index in [1.807, 2.05) is 105 Å². The zero-order chi connectivity index (χ0) is 61.4. The zero-order valence-corrected chi connectivity index (χ0v) is 53.6. The number of amides is 2. The summed E-state index contributed by atoms with van der Waals surface area (Å²) >= 11 is 0. The summed E-state index contributed by atoms with van der Waals surface area (Å²) in [7, 11) is -1.19. The van der Waals surface area contributed by atoms with Crippen LogP contribution >= 0.6 is 6.89 Å². The van der Waals surface area contributed by atoms with Gasteiger partial charge in [-0.15, -0.1) is 0 Å². The van der Waals surface area contributed by atoms with Gasteiger partial charge in [-0.1, -0.05) is 145 Å². The molecule has 444 valence electrons. The molecule has 2 saturated heterocycles. The first kappa shape index (κ1) is 62.8. The highest BCUT2D eigenvalue weighted by Crippen LogP contribution is 2.51. The van der Waals surface area contributed by atoms with E-state index in [-0.39, 0.29) is 82.0 Å². The van der Waals surface area contributed by atoms with Gasteiger partial charge in [0.15, 0.2) is 39.4 Å². The van der Waals surface area contributed by atoms with E-state index in [2.05, 4.69) is 79.6 Å². The van der Waals surface area contributed by atoms with Crippen LogP contribution in [0.25, 0.3) is 22.2 Å². The number of oxazole rings is 2. The molecule has 0 bridgehead atoms. The highest BCUT2D eigenvalue weighted by molar-refractivity contribution is 7.96. The average Bonchev–Trinajstić information content (AvgIpc) is 0.923. The van der Waals surface area contributed by atoms with Crippen LogP contribution in [0.15, 0.2) is 158 Å². The van der Waals surface area contributed by atoms with Gasteiger partial charge < -0.3 is 32.6 Å². The number of likely N-dealkylation sites (tertiary alicyclic amines) is 1. The molecule has 6 atom stereocenters. The lowest BCUT2D eigenvalue weighted by molar-refractivity contribution is -0.156. The van der Waals surface area contributed by atoms with Crippen LogP contribution in [0.3, 0.4) is 0 Å². The summed E-state index contributed by atoms with van der Waals surface area (Å²) in [5.41, 5.74) is 2.83. The van der Waals surface area contributed by atoms with Crippen molar-refractivity contribution >= 4 is 96.4 Å². The van der Waals surface area contributed by atoms with E-state index in [0.717, 1.165) is 15.9 Å². The lowest BCUT2D eigenvalue weighted by atomic mass is 9.79. The molecule has 0 radical (unpaired) electrons. The summed E-state index contributed by atoms with van der Waals surface area (Å²) < 4.78 is 32.5. The summed E-state index contributed by atoms with van der Waals surface area (Å²) in [4.78, 5) is 95.0. The number of carbonyl (C=O) groups is 5. The molecule has 84 heavy (non-hydrogen) atoms. The predicted molar refractivity (Wildman–Crippen MR) is 337 cm³/mol. The molecular formula is C65H79N4O12PSi2. The molecule has 0 aliphatic carbocycles. The van der Waals surface area contributed by atoms with Crippen molar-refractivity contribution in [1.29, 1.82) is 0 Å². The van der Waals surface area contributed by atoms with Crippen LogP contribution < -0.4 is 32.7 Å². The van der Waals surface area contributed by atoms with Crippen molar-refractivity contribution in [2.45, 2.75) is 129 Å². The van der Waals surface area contributed by atoms with Gasteiger partial charge in [0.05, 0.1) is 47.2 Å². The molecule has 2 fully saturated rings. The second-order valence-corrected chi connectivity index (χ2v) is 37.8. The number of hydrogen-bond donors (Lipinski definition) is 1. The Morgan fingerprint density at radius 3 is 1.43 bits per heavy atom. The van der Waals surface area contributed by atoms with Gasteiger partial charge in [-0.3, -0.25) is 28.3 Å². The van der Waals surface area contributed by atoms with Crippen molar-refractivity contribution in [1.82, 2.24) is 19.4 Å². The van der Waals surface area contributed by atoms with E-state index < -0.39 is 59.1 Å². The number of nitrogens with one attached hydrogen (secondary N) is 1. The maximum atomic E-state index is 15.1. The van der Waals surface area contributed by atoms with Crippen molar-refractivity contribution in [2.24, 2.45) is 25.9 Å². The summed E-state index contributed by atoms with van der Waals surface area (Å²) in [6, 6.07) is 38.1. The number of esters is 1. The Bertz CT molecular complexity index is 3710. The van der Waals surface area contributed by atoms with Gasteiger partial charge in [-0.2, -0.15) is 0 Å². The summed E-state index contributed by atoms with van der Waals surface area (Å²) in [5.74, 6) is -3.52. The number of β-lactam (4-membered cyclic amide) rings is 2. The number of carbonyl (C=O) groups excluding carboxylic acids is 5. The van der Waals surface area contributed by atoms with Crippen LogP contribution in [0, 0.1) is 11.8 Å². The smallest absolute Gasteiger partial charge is 0.419 e. The standard InChI is InChI=1S/C44H49N2O7PSi.C21H30N2O5Si/c1-9-27-51-42(49)41(54(32-19-13-10-14-20-32,33-21-15-11-16-22-33)34-23-17-12-18-24-34)46-36(39(40(46)48)30(2)53-55(7,8)44(3,4)5)29-37(47)31-25-26-35-38(28-31)52-43(50)45(35)6;1-12(28-29(6,7)21(2,3)4)18-14(22-19(18)25)11-16(24)13-8-9-15-17(10-13)27-20(26)23(15)5/h9-26,28,30,36,39H,1,27,29H2,2-8H3;8-10,12,14,18H,11H2,1-7H3,(H,22,25)/t30-,36-,39-;12-,14-,18-/m11/s1. The quantitative estimate of drug-likeness (QED) is 0.0201. The second kappa shape index (κ2) is 24.4. The number of nitrogens with zero attached hydrogens (tertiary/aromatic N) is 3. The molecule has 1 N–H and O–H groups in total. The molecule has 0 unspecified atom stereocenters. The number of Topliss-reactive ketones (excluding diaryl/α,β-unsaturated/α-hetero) is 2. The van der Waals surface area contributed by atoms with Crippen LogP contribution in [-0.4, -0.2) is 96.3 Å².